The minimum atomic E-state index is -0.412. The molecule has 1 aromatic carbocycles. The number of hydrogen-bond acceptors (Lipinski definition) is 5. The van der Waals surface area contributed by atoms with Crippen LogP contribution in [-0.4, -0.2) is 22.4 Å². The Bertz CT molecular complexity index is 630. The highest BCUT2D eigenvalue weighted by molar-refractivity contribution is 5.59. The van der Waals surface area contributed by atoms with Crippen molar-refractivity contribution in [3.63, 3.8) is 0 Å². The average Bonchev–Trinajstić information content (AvgIpc) is 2.98. The molecule has 0 spiro atoms. The van der Waals surface area contributed by atoms with E-state index in [0.717, 1.165) is 36.8 Å². The summed E-state index contributed by atoms with van der Waals surface area (Å²) in [5.74, 6) is 1.34. The van der Waals surface area contributed by atoms with Gasteiger partial charge in [-0.15, -0.1) is 0 Å². The Balaban J connectivity index is 1.95. The molecule has 5 heteroatoms. The minimum absolute atomic E-state index is 0.233. The lowest BCUT2D eigenvalue weighted by molar-refractivity contribution is -0.0527. The van der Waals surface area contributed by atoms with Crippen molar-refractivity contribution in [2.45, 2.75) is 44.6 Å². The number of rotatable bonds is 3. The first-order valence-corrected chi connectivity index (χ1v) is 7.34. The molecule has 1 saturated carbocycles. The summed E-state index contributed by atoms with van der Waals surface area (Å²) >= 11 is 0. The van der Waals surface area contributed by atoms with Crippen molar-refractivity contribution in [1.82, 2.24) is 10.1 Å². The number of ether oxygens (including phenoxy) is 1. The monoisotopic (exact) mass is 288 g/mol. The predicted octanol–water partition coefficient (Wildman–Crippen LogP) is 3.56. The third kappa shape index (κ3) is 2.53. The van der Waals surface area contributed by atoms with E-state index in [-0.39, 0.29) is 5.75 Å². The van der Waals surface area contributed by atoms with E-state index < -0.39 is 5.60 Å². The number of methoxy groups -OCH3 is 1. The topological polar surface area (TPSA) is 68.4 Å². The van der Waals surface area contributed by atoms with E-state index in [0.29, 0.717) is 11.7 Å². The lowest BCUT2D eigenvalue weighted by Crippen LogP contribution is -2.32. The van der Waals surface area contributed by atoms with Crippen LogP contribution >= 0.6 is 0 Å². The Morgan fingerprint density at radius 2 is 2.00 bits per heavy atom. The first-order valence-electron chi connectivity index (χ1n) is 7.34. The zero-order valence-corrected chi connectivity index (χ0v) is 12.4. The number of aromatic hydroxyl groups is 1. The largest absolute Gasteiger partial charge is 0.508 e. The summed E-state index contributed by atoms with van der Waals surface area (Å²) in [6.07, 6.45) is 5.33. The molecule has 2 aromatic rings. The second-order valence-electron chi connectivity index (χ2n) is 5.68. The Labute approximate surface area is 123 Å². The maximum Gasteiger partial charge on any atom is 0.258 e. The van der Waals surface area contributed by atoms with E-state index in [4.69, 9.17) is 9.26 Å². The van der Waals surface area contributed by atoms with Crippen molar-refractivity contribution in [3.8, 4) is 17.2 Å². The fourth-order valence-corrected chi connectivity index (χ4v) is 3.05. The second kappa shape index (κ2) is 5.48. The van der Waals surface area contributed by atoms with Crippen molar-refractivity contribution in [2.75, 3.05) is 7.11 Å². The summed E-state index contributed by atoms with van der Waals surface area (Å²) in [5.41, 5.74) is 1.33. The van der Waals surface area contributed by atoms with E-state index >= 15 is 0 Å². The van der Waals surface area contributed by atoms with Crippen LogP contribution in [0.1, 0.15) is 43.5 Å². The molecular formula is C16H20N2O3. The van der Waals surface area contributed by atoms with Gasteiger partial charge in [-0.1, -0.05) is 24.4 Å². The number of aryl methyl sites for hydroxylation is 1. The van der Waals surface area contributed by atoms with Gasteiger partial charge >= 0.3 is 0 Å². The third-order valence-electron chi connectivity index (χ3n) is 4.33. The molecule has 0 bridgehead atoms. The summed E-state index contributed by atoms with van der Waals surface area (Å²) < 4.78 is 11.2. The van der Waals surface area contributed by atoms with Crippen LogP contribution in [0.4, 0.5) is 0 Å². The molecule has 1 N–H and O–H groups in total. The molecule has 1 aliphatic carbocycles. The molecule has 0 saturated heterocycles. The van der Waals surface area contributed by atoms with Gasteiger partial charge < -0.3 is 14.4 Å². The van der Waals surface area contributed by atoms with Gasteiger partial charge in [-0.05, 0) is 43.5 Å². The van der Waals surface area contributed by atoms with E-state index in [1.165, 1.54) is 6.42 Å². The number of aromatic nitrogens is 2. The molecule has 0 aliphatic heterocycles. The fourth-order valence-electron chi connectivity index (χ4n) is 3.05. The highest BCUT2D eigenvalue weighted by atomic mass is 16.5. The zero-order chi connectivity index (χ0) is 14.9. The Kier molecular flexibility index (Phi) is 3.68. The van der Waals surface area contributed by atoms with Gasteiger partial charge in [-0.25, -0.2) is 0 Å². The average molecular weight is 288 g/mol. The van der Waals surface area contributed by atoms with Crippen molar-refractivity contribution in [1.29, 1.82) is 0 Å². The first kappa shape index (κ1) is 14.1. The molecule has 5 nitrogen and oxygen atoms in total. The van der Waals surface area contributed by atoms with Crippen LogP contribution in [0.15, 0.2) is 22.7 Å². The maximum atomic E-state index is 9.49. The smallest absolute Gasteiger partial charge is 0.258 e. The molecule has 0 atom stereocenters. The van der Waals surface area contributed by atoms with Gasteiger partial charge in [-0.3, -0.25) is 0 Å². The van der Waals surface area contributed by atoms with Gasteiger partial charge in [0, 0.05) is 12.7 Å². The summed E-state index contributed by atoms with van der Waals surface area (Å²) in [4.78, 5) is 4.55. The Morgan fingerprint density at radius 3 is 2.67 bits per heavy atom. The van der Waals surface area contributed by atoms with E-state index in [2.05, 4.69) is 10.1 Å². The lowest BCUT2D eigenvalue weighted by atomic mass is 9.84. The SMILES string of the molecule is COC1(c2noc(-c3ccc(O)cc3C)n2)CCCCC1. The summed E-state index contributed by atoms with van der Waals surface area (Å²) in [7, 11) is 1.72. The van der Waals surface area contributed by atoms with E-state index in [9.17, 15) is 5.11 Å². The minimum Gasteiger partial charge on any atom is -0.508 e. The van der Waals surface area contributed by atoms with Gasteiger partial charge in [0.05, 0.1) is 0 Å². The molecule has 0 radical (unpaired) electrons. The maximum absolute atomic E-state index is 9.49. The van der Waals surface area contributed by atoms with Gasteiger partial charge in [0.15, 0.2) is 0 Å². The summed E-state index contributed by atoms with van der Waals surface area (Å²) in [5, 5.41) is 13.6. The van der Waals surface area contributed by atoms with Crippen molar-refractivity contribution in [2.24, 2.45) is 0 Å². The Morgan fingerprint density at radius 1 is 1.24 bits per heavy atom. The van der Waals surface area contributed by atoms with Crippen LogP contribution in [0.25, 0.3) is 11.5 Å². The standard InChI is InChI=1S/C16H20N2O3/c1-11-10-12(19)6-7-13(11)14-17-15(18-21-14)16(20-2)8-4-3-5-9-16/h6-7,10,19H,3-5,8-9H2,1-2H3. The van der Waals surface area contributed by atoms with Crippen LogP contribution in [-0.2, 0) is 10.3 Å². The van der Waals surface area contributed by atoms with Crippen molar-refractivity contribution < 1.29 is 14.4 Å². The van der Waals surface area contributed by atoms with Crippen LogP contribution in [0.3, 0.4) is 0 Å². The molecule has 3 rings (SSSR count). The van der Waals surface area contributed by atoms with Crippen LogP contribution in [0.5, 0.6) is 5.75 Å². The van der Waals surface area contributed by atoms with Gasteiger partial charge in [0.25, 0.3) is 5.89 Å². The lowest BCUT2D eigenvalue weighted by Gasteiger charge is -2.32. The predicted molar refractivity (Wildman–Crippen MR) is 77.9 cm³/mol. The molecule has 112 valence electrons. The molecule has 1 aliphatic rings. The Hall–Kier alpha value is -1.88. The number of nitrogens with zero attached hydrogens (tertiary/aromatic N) is 2. The zero-order valence-electron chi connectivity index (χ0n) is 12.4. The molecule has 0 unspecified atom stereocenters. The highest BCUT2D eigenvalue weighted by Crippen LogP contribution is 2.39. The molecule has 21 heavy (non-hydrogen) atoms. The number of hydrogen-bond donors (Lipinski definition) is 1. The number of phenols is 1. The normalized spacial score (nSPS) is 17.8. The van der Waals surface area contributed by atoms with Crippen LogP contribution < -0.4 is 0 Å². The molecular weight excluding hydrogens is 268 g/mol. The highest BCUT2D eigenvalue weighted by Gasteiger charge is 2.38. The van der Waals surface area contributed by atoms with Crippen LogP contribution in [0.2, 0.25) is 0 Å². The van der Waals surface area contributed by atoms with E-state index in [1.54, 1.807) is 25.3 Å². The summed E-state index contributed by atoms with van der Waals surface area (Å²) in [6.45, 7) is 1.91. The third-order valence-corrected chi connectivity index (χ3v) is 4.33. The van der Waals surface area contributed by atoms with E-state index in [1.807, 2.05) is 6.92 Å². The molecule has 0 amide bonds. The fraction of sp³-hybridized carbons (Fsp3) is 0.500. The first-order chi connectivity index (χ1) is 10.1. The molecule has 1 heterocycles. The second-order valence-corrected chi connectivity index (χ2v) is 5.68. The van der Waals surface area contributed by atoms with Gasteiger partial charge in [0.1, 0.15) is 11.4 Å². The molecule has 1 fully saturated rings. The number of phenolic OH excluding ortho intramolecular Hbond substituents is 1. The van der Waals surface area contributed by atoms with Crippen molar-refractivity contribution in [3.05, 3.63) is 29.6 Å². The van der Waals surface area contributed by atoms with Crippen molar-refractivity contribution >= 4 is 0 Å². The van der Waals surface area contributed by atoms with Gasteiger partial charge in [-0.2, -0.15) is 4.98 Å². The number of benzene rings is 1. The quantitative estimate of drug-likeness (QED) is 0.935. The van der Waals surface area contributed by atoms with Gasteiger partial charge in [0.2, 0.25) is 5.82 Å². The summed E-state index contributed by atoms with van der Waals surface area (Å²) in [6, 6.07) is 5.10. The van der Waals surface area contributed by atoms with Crippen LogP contribution in [0, 0.1) is 6.92 Å². The molecule has 1 aromatic heterocycles.